The van der Waals surface area contributed by atoms with E-state index in [0.717, 1.165) is 23.2 Å². The van der Waals surface area contributed by atoms with Crippen molar-refractivity contribution in [2.75, 3.05) is 25.6 Å². The van der Waals surface area contributed by atoms with E-state index in [9.17, 15) is 9.59 Å². The summed E-state index contributed by atoms with van der Waals surface area (Å²) in [6, 6.07) is 12.5. The molecule has 2 aromatic rings. The van der Waals surface area contributed by atoms with Gasteiger partial charge in [0.05, 0.1) is 0 Å². The Morgan fingerprint density at radius 2 is 1.48 bits per heavy atom. The average molecular weight is 340 g/mol. The number of rotatable bonds is 7. The molecular formula is C20H24N2O3. The molecule has 0 aliphatic carbocycles. The summed E-state index contributed by atoms with van der Waals surface area (Å²) in [4.78, 5) is 24.3. The van der Waals surface area contributed by atoms with Gasteiger partial charge in [-0.1, -0.05) is 6.07 Å². The SMILES string of the molecule is COCCCNC(=O)c1ccc(C(=O)Nc2cc(C)cc(C)c2)cc1. The van der Waals surface area contributed by atoms with Gasteiger partial charge in [0.15, 0.2) is 0 Å². The van der Waals surface area contributed by atoms with Crippen LogP contribution in [-0.2, 0) is 4.74 Å². The maximum atomic E-state index is 12.3. The van der Waals surface area contributed by atoms with E-state index < -0.39 is 0 Å². The van der Waals surface area contributed by atoms with Crippen molar-refractivity contribution < 1.29 is 14.3 Å². The summed E-state index contributed by atoms with van der Waals surface area (Å²) in [6.07, 6.45) is 0.763. The van der Waals surface area contributed by atoms with Gasteiger partial charge in [-0.25, -0.2) is 0 Å². The monoisotopic (exact) mass is 340 g/mol. The number of carbonyl (C=O) groups is 2. The molecule has 2 N–H and O–H groups in total. The van der Waals surface area contributed by atoms with Crippen molar-refractivity contribution in [3.63, 3.8) is 0 Å². The second kappa shape index (κ2) is 8.99. The zero-order valence-corrected chi connectivity index (χ0v) is 14.9. The summed E-state index contributed by atoms with van der Waals surface area (Å²) in [5.74, 6) is -0.352. The van der Waals surface area contributed by atoms with E-state index >= 15 is 0 Å². The van der Waals surface area contributed by atoms with Crippen molar-refractivity contribution in [1.29, 1.82) is 0 Å². The third-order valence-corrected chi connectivity index (χ3v) is 3.70. The minimum absolute atomic E-state index is 0.155. The minimum Gasteiger partial charge on any atom is -0.385 e. The molecule has 2 aromatic carbocycles. The summed E-state index contributed by atoms with van der Waals surface area (Å²) in [5.41, 5.74) is 3.99. The Morgan fingerprint density at radius 3 is 2.04 bits per heavy atom. The van der Waals surface area contributed by atoms with Gasteiger partial charge in [-0.2, -0.15) is 0 Å². The Balaban J connectivity index is 1.96. The number of methoxy groups -OCH3 is 1. The topological polar surface area (TPSA) is 67.4 Å². The zero-order valence-electron chi connectivity index (χ0n) is 14.9. The lowest BCUT2D eigenvalue weighted by molar-refractivity contribution is 0.0947. The van der Waals surface area contributed by atoms with Gasteiger partial charge in [-0.3, -0.25) is 9.59 Å². The van der Waals surface area contributed by atoms with Crippen molar-refractivity contribution in [1.82, 2.24) is 5.32 Å². The van der Waals surface area contributed by atoms with E-state index in [-0.39, 0.29) is 11.8 Å². The van der Waals surface area contributed by atoms with Crippen molar-refractivity contribution >= 4 is 17.5 Å². The third kappa shape index (κ3) is 5.72. The predicted octanol–water partition coefficient (Wildman–Crippen LogP) is 3.32. The number of amides is 2. The van der Waals surface area contributed by atoms with Gasteiger partial charge < -0.3 is 15.4 Å². The van der Waals surface area contributed by atoms with Gasteiger partial charge in [0.1, 0.15) is 0 Å². The normalized spacial score (nSPS) is 10.4. The molecule has 0 aromatic heterocycles. The number of ether oxygens (including phenoxy) is 1. The van der Waals surface area contributed by atoms with Crippen LogP contribution in [0.25, 0.3) is 0 Å². The van der Waals surface area contributed by atoms with Gasteiger partial charge in [0, 0.05) is 37.1 Å². The minimum atomic E-state index is -0.197. The molecule has 2 rings (SSSR count). The first-order valence-corrected chi connectivity index (χ1v) is 8.26. The molecule has 5 nitrogen and oxygen atoms in total. The average Bonchev–Trinajstić information content (AvgIpc) is 2.57. The van der Waals surface area contributed by atoms with Gasteiger partial charge in [0.25, 0.3) is 11.8 Å². The highest BCUT2D eigenvalue weighted by atomic mass is 16.5. The number of hydrogen-bond acceptors (Lipinski definition) is 3. The fraction of sp³-hybridized carbons (Fsp3) is 0.300. The molecule has 0 aliphatic rings. The van der Waals surface area contributed by atoms with E-state index in [0.29, 0.717) is 24.3 Å². The second-order valence-electron chi connectivity index (χ2n) is 6.01. The molecule has 0 spiro atoms. The maximum Gasteiger partial charge on any atom is 0.255 e. The molecule has 2 amide bonds. The molecule has 0 unspecified atom stereocenters. The Hall–Kier alpha value is -2.66. The number of nitrogens with one attached hydrogen (secondary N) is 2. The third-order valence-electron chi connectivity index (χ3n) is 3.70. The van der Waals surface area contributed by atoms with Crippen LogP contribution in [0, 0.1) is 13.8 Å². The van der Waals surface area contributed by atoms with Gasteiger partial charge in [-0.15, -0.1) is 0 Å². The predicted molar refractivity (Wildman–Crippen MR) is 99.1 cm³/mol. The Morgan fingerprint density at radius 1 is 0.920 bits per heavy atom. The van der Waals surface area contributed by atoms with Crippen LogP contribution >= 0.6 is 0 Å². The molecule has 25 heavy (non-hydrogen) atoms. The number of carbonyl (C=O) groups excluding carboxylic acids is 2. The standard InChI is InChI=1S/C20H24N2O3/c1-14-11-15(2)13-18(12-14)22-20(24)17-7-5-16(6-8-17)19(23)21-9-4-10-25-3/h5-8,11-13H,4,9-10H2,1-3H3,(H,21,23)(H,22,24). The summed E-state index contributed by atoms with van der Waals surface area (Å²) in [7, 11) is 1.63. The highest BCUT2D eigenvalue weighted by Gasteiger charge is 2.09. The molecule has 5 heteroatoms. The van der Waals surface area contributed by atoms with E-state index in [4.69, 9.17) is 4.74 Å². The van der Waals surface area contributed by atoms with Crippen LogP contribution in [0.15, 0.2) is 42.5 Å². The van der Waals surface area contributed by atoms with Crippen LogP contribution in [0.5, 0.6) is 0 Å². The molecule has 0 bridgehead atoms. The Bertz CT molecular complexity index is 719. The quantitative estimate of drug-likeness (QED) is 0.760. The fourth-order valence-electron chi connectivity index (χ4n) is 2.54. The lowest BCUT2D eigenvalue weighted by Gasteiger charge is -2.09. The smallest absolute Gasteiger partial charge is 0.255 e. The summed E-state index contributed by atoms with van der Waals surface area (Å²) in [5, 5.41) is 5.70. The number of aryl methyl sites for hydroxylation is 2. The maximum absolute atomic E-state index is 12.3. The molecule has 0 saturated heterocycles. The van der Waals surface area contributed by atoms with Crippen molar-refractivity contribution in [3.8, 4) is 0 Å². The summed E-state index contributed by atoms with van der Waals surface area (Å²) >= 11 is 0. The highest BCUT2D eigenvalue weighted by molar-refractivity contribution is 6.05. The van der Waals surface area contributed by atoms with Crippen LogP contribution in [0.4, 0.5) is 5.69 Å². The number of hydrogen-bond donors (Lipinski definition) is 2. The fourth-order valence-corrected chi connectivity index (χ4v) is 2.54. The molecular weight excluding hydrogens is 316 g/mol. The lowest BCUT2D eigenvalue weighted by Crippen LogP contribution is -2.25. The van der Waals surface area contributed by atoms with E-state index in [1.807, 2.05) is 26.0 Å². The summed E-state index contributed by atoms with van der Waals surface area (Å²) in [6.45, 7) is 5.14. The first-order chi connectivity index (χ1) is 12.0. The molecule has 0 saturated carbocycles. The van der Waals surface area contributed by atoms with Gasteiger partial charge in [0.2, 0.25) is 0 Å². The molecule has 132 valence electrons. The number of benzene rings is 2. The molecule has 0 fully saturated rings. The highest BCUT2D eigenvalue weighted by Crippen LogP contribution is 2.15. The second-order valence-corrected chi connectivity index (χ2v) is 6.01. The van der Waals surface area contributed by atoms with Crippen LogP contribution in [0.3, 0.4) is 0 Å². The molecule has 0 atom stereocenters. The molecule has 0 aliphatic heterocycles. The molecule has 0 heterocycles. The van der Waals surface area contributed by atoms with Crippen LogP contribution in [0.2, 0.25) is 0 Å². The Kier molecular flexibility index (Phi) is 6.71. The molecule has 0 radical (unpaired) electrons. The van der Waals surface area contributed by atoms with Crippen LogP contribution < -0.4 is 10.6 Å². The number of anilines is 1. The van der Waals surface area contributed by atoms with E-state index in [2.05, 4.69) is 16.7 Å². The zero-order chi connectivity index (χ0) is 18.2. The van der Waals surface area contributed by atoms with E-state index in [1.54, 1.807) is 31.4 Å². The van der Waals surface area contributed by atoms with Gasteiger partial charge in [-0.05, 0) is 67.8 Å². The first kappa shape index (κ1) is 18.7. The summed E-state index contributed by atoms with van der Waals surface area (Å²) < 4.78 is 4.94. The lowest BCUT2D eigenvalue weighted by atomic mass is 10.1. The van der Waals surface area contributed by atoms with Crippen LogP contribution in [0.1, 0.15) is 38.3 Å². The Labute approximate surface area is 148 Å². The van der Waals surface area contributed by atoms with Gasteiger partial charge >= 0.3 is 0 Å². The van der Waals surface area contributed by atoms with Crippen molar-refractivity contribution in [3.05, 3.63) is 64.7 Å². The van der Waals surface area contributed by atoms with E-state index in [1.165, 1.54) is 0 Å². The largest absolute Gasteiger partial charge is 0.385 e. The van der Waals surface area contributed by atoms with Crippen molar-refractivity contribution in [2.45, 2.75) is 20.3 Å². The first-order valence-electron chi connectivity index (χ1n) is 8.26. The van der Waals surface area contributed by atoms with Crippen molar-refractivity contribution in [2.24, 2.45) is 0 Å². The van der Waals surface area contributed by atoms with Crippen LogP contribution in [-0.4, -0.2) is 32.1 Å².